The van der Waals surface area contributed by atoms with E-state index in [1.165, 1.54) is 17.0 Å². The van der Waals surface area contributed by atoms with E-state index < -0.39 is 0 Å². The van der Waals surface area contributed by atoms with Crippen molar-refractivity contribution in [2.75, 3.05) is 11.9 Å². The fraction of sp³-hybridized carbons (Fsp3) is 0.0667. The first-order valence-electron chi connectivity index (χ1n) is 5.69. The molecule has 4 heteroatoms. The van der Waals surface area contributed by atoms with Crippen LogP contribution < -0.4 is 4.90 Å². The smallest absolute Gasteiger partial charge is 0.258 e. The second kappa shape index (κ2) is 5.23. The van der Waals surface area contributed by atoms with Gasteiger partial charge in [-0.15, -0.1) is 0 Å². The first-order chi connectivity index (χ1) is 9.11. The van der Waals surface area contributed by atoms with E-state index >= 15 is 0 Å². The van der Waals surface area contributed by atoms with E-state index in [4.69, 9.17) is 5.26 Å². The minimum Gasteiger partial charge on any atom is -0.508 e. The molecular weight excluding hydrogens is 240 g/mol. The Labute approximate surface area is 111 Å². The summed E-state index contributed by atoms with van der Waals surface area (Å²) in [5.41, 5.74) is 1.57. The largest absolute Gasteiger partial charge is 0.508 e. The number of phenols is 1. The number of amides is 1. The first-order valence-corrected chi connectivity index (χ1v) is 5.69. The van der Waals surface area contributed by atoms with Crippen LogP contribution >= 0.6 is 0 Å². The predicted octanol–water partition coefficient (Wildman–Crippen LogP) is 2.54. The number of benzene rings is 2. The van der Waals surface area contributed by atoms with Gasteiger partial charge < -0.3 is 10.0 Å². The number of rotatable bonds is 2. The van der Waals surface area contributed by atoms with E-state index in [2.05, 4.69) is 0 Å². The topological polar surface area (TPSA) is 64.3 Å². The van der Waals surface area contributed by atoms with Crippen LogP contribution in [0.2, 0.25) is 0 Å². The molecule has 0 aliphatic heterocycles. The van der Waals surface area contributed by atoms with Crippen molar-refractivity contribution in [2.45, 2.75) is 0 Å². The Bertz CT molecular complexity index is 642. The van der Waals surface area contributed by atoms with Gasteiger partial charge in [-0.05, 0) is 42.5 Å². The lowest BCUT2D eigenvalue weighted by atomic mass is 10.1. The number of hydrogen-bond donors (Lipinski definition) is 1. The van der Waals surface area contributed by atoms with Crippen LogP contribution in [0.15, 0.2) is 48.5 Å². The molecule has 0 unspecified atom stereocenters. The van der Waals surface area contributed by atoms with Gasteiger partial charge in [0.05, 0.1) is 11.6 Å². The molecule has 0 fully saturated rings. The summed E-state index contributed by atoms with van der Waals surface area (Å²) in [4.78, 5) is 13.7. The van der Waals surface area contributed by atoms with Gasteiger partial charge in [0.25, 0.3) is 5.91 Å². The summed E-state index contributed by atoms with van der Waals surface area (Å²) < 4.78 is 0. The number of hydrogen-bond acceptors (Lipinski definition) is 3. The summed E-state index contributed by atoms with van der Waals surface area (Å²) in [6, 6.07) is 14.9. The van der Waals surface area contributed by atoms with Crippen LogP contribution in [0.4, 0.5) is 5.69 Å². The summed E-state index contributed by atoms with van der Waals surface area (Å²) >= 11 is 0. The van der Waals surface area contributed by atoms with Crippen molar-refractivity contribution < 1.29 is 9.90 Å². The third-order valence-electron chi connectivity index (χ3n) is 2.78. The molecule has 0 aromatic heterocycles. The second-order valence-corrected chi connectivity index (χ2v) is 4.07. The van der Waals surface area contributed by atoms with Gasteiger partial charge in [-0.2, -0.15) is 5.26 Å². The van der Waals surface area contributed by atoms with Gasteiger partial charge in [-0.25, -0.2) is 0 Å². The van der Waals surface area contributed by atoms with Gasteiger partial charge >= 0.3 is 0 Å². The van der Waals surface area contributed by atoms with Gasteiger partial charge in [0.1, 0.15) is 5.75 Å². The number of phenolic OH excluding ortho intramolecular Hbond substituents is 1. The summed E-state index contributed by atoms with van der Waals surface area (Å²) in [5, 5.41) is 18.1. The Balaban J connectivity index is 2.28. The third-order valence-corrected chi connectivity index (χ3v) is 2.78. The van der Waals surface area contributed by atoms with E-state index in [1.807, 2.05) is 6.07 Å². The second-order valence-electron chi connectivity index (χ2n) is 4.07. The maximum absolute atomic E-state index is 12.3. The summed E-state index contributed by atoms with van der Waals surface area (Å²) in [7, 11) is 1.65. The molecule has 0 atom stereocenters. The molecule has 0 aliphatic carbocycles. The number of nitrogens with zero attached hydrogens (tertiary/aromatic N) is 2. The molecule has 0 saturated carbocycles. The molecule has 2 aromatic carbocycles. The zero-order valence-electron chi connectivity index (χ0n) is 10.4. The molecule has 0 bridgehead atoms. The van der Waals surface area contributed by atoms with Crippen molar-refractivity contribution in [3.05, 3.63) is 59.7 Å². The molecule has 19 heavy (non-hydrogen) atoms. The van der Waals surface area contributed by atoms with Crippen LogP contribution in [0.1, 0.15) is 15.9 Å². The van der Waals surface area contributed by atoms with Crippen molar-refractivity contribution in [1.29, 1.82) is 5.26 Å². The van der Waals surface area contributed by atoms with E-state index in [-0.39, 0.29) is 11.7 Å². The third kappa shape index (κ3) is 2.72. The zero-order chi connectivity index (χ0) is 13.8. The van der Waals surface area contributed by atoms with E-state index in [0.29, 0.717) is 16.8 Å². The average Bonchev–Trinajstić information content (AvgIpc) is 2.46. The van der Waals surface area contributed by atoms with Crippen molar-refractivity contribution >= 4 is 11.6 Å². The fourth-order valence-corrected chi connectivity index (χ4v) is 1.71. The molecule has 0 heterocycles. The van der Waals surface area contributed by atoms with Crippen LogP contribution in [-0.4, -0.2) is 18.1 Å². The maximum atomic E-state index is 12.3. The fourth-order valence-electron chi connectivity index (χ4n) is 1.71. The van der Waals surface area contributed by atoms with Crippen molar-refractivity contribution in [1.82, 2.24) is 0 Å². The summed E-state index contributed by atoms with van der Waals surface area (Å²) in [6.45, 7) is 0. The lowest BCUT2D eigenvalue weighted by Crippen LogP contribution is -2.26. The number of anilines is 1. The minimum atomic E-state index is -0.206. The van der Waals surface area contributed by atoms with Gasteiger partial charge in [0, 0.05) is 18.3 Å². The first kappa shape index (κ1) is 12.7. The number of carbonyl (C=O) groups excluding carboxylic acids is 1. The Morgan fingerprint density at radius 3 is 2.53 bits per heavy atom. The molecule has 1 N–H and O–H groups in total. The Morgan fingerprint density at radius 1 is 1.21 bits per heavy atom. The van der Waals surface area contributed by atoms with Crippen LogP contribution in [-0.2, 0) is 0 Å². The van der Waals surface area contributed by atoms with Gasteiger partial charge in [0.15, 0.2) is 0 Å². The monoisotopic (exact) mass is 252 g/mol. The van der Waals surface area contributed by atoms with Crippen LogP contribution in [0.3, 0.4) is 0 Å². The van der Waals surface area contributed by atoms with Crippen molar-refractivity contribution in [2.24, 2.45) is 0 Å². The van der Waals surface area contributed by atoms with Crippen LogP contribution in [0.25, 0.3) is 0 Å². The molecule has 0 spiro atoms. The maximum Gasteiger partial charge on any atom is 0.258 e. The molecule has 2 rings (SSSR count). The zero-order valence-corrected chi connectivity index (χ0v) is 10.4. The average molecular weight is 252 g/mol. The highest BCUT2D eigenvalue weighted by molar-refractivity contribution is 6.05. The Hall–Kier alpha value is -2.80. The van der Waals surface area contributed by atoms with Crippen molar-refractivity contribution in [3.8, 4) is 11.8 Å². The van der Waals surface area contributed by atoms with Crippen LogP contribution in [0, 0.1) is 11.3 Å². The highest BCUT2D eigenvalue weighted by Crippen LogP contribution is 2.19. The lowest BCUT2D eigenvalue weighted by molar-refractivity contribution is 0.0993. The van der Waals surface area contributed by atoms with Crippen LogP contribution in [0.5, 0.6) is 5.75 Å². The molecule has 94 valence electrons. The van der Waals surface area contributed by atoms with Gasteiger partial charge in [0.2, 0.25) is 0 Å². The molecule has 0 aliphatic rings. The predicted molar refractivity (Wildman–Crippen MR) is 72.0 cm³/mol. The molecule has 1 amide bonds. The quantitative estimate of drug-likeness (QED) is 0.893. The Morgan fingerprint density at radius 2 is 1.89 bits per heavy atom. The highest BCUT2D eigenvalue weighted by Gasteiger charge is 2.13. The van der Waals surface area contributed by atoms with E-state index in [9.17, 15) is 9.90 Å². The number of aromatic hydroxyl groups is 1. The minimum absolute atomic E-state index is 0.149. The van der Waals surface area contributed by atoms with E-state index in [0.717, 1.165) is 0 Å². The van der Waals surface area contributed by atoms with Gasteiger partial charge in [-0.3, -0.25) is 4.79 Å². The number of carbonyl (C=O) groups is 1. The molecule has 0 radical (unpaired) electrons. The molecule has 0 saturated heterocycles. The SMILES string of the molecule is CN(C(=O)c1cccc(C#N)c1)c1ccc(O)cc1. The van der Waals surface area contributed by atoms with Gasteiger partial charge in [-0.1, -0.05) is 6.07 Å². The lowest BCUT2D eigenvalue weighted by Gasteiger charge is -2.17. The Kier molecular flexibility index (Phi) is 3.48. The standard InChI is InChI=1S/C15H12N2O2/c1-17(13-5-7-14(18)8-6-13)15(19)12-4-2-3-11(9-12)10-16/h2-9,18H,1H3. The molecule has 4 nitrogen and oxygen atoms in total. The summed E-state index contributed by atoms with van der Waals surface area (Å²) in [6.07, 6.45) is 0. The normalized spacial score (nSPS) is 9.68. The summed E-state index contributed by atoms with van der Waals surface area (Å²) in [5.74, 6) is -0.0566. The van der Waals surface area contributed by atoms with Crippen molar-refractivity contribution in [3.63, 3.8) is 0 Å². The van der Waals surface area contributed by atoms with E-state index in [1.54, 1.807) is 43.4 Å². The molecular formula is C15H12N2O2. The number of nitriles is 1. The molecule has 2 aromatic rings. The highest BCUT2D eigenvalue weighted by atomic mass is 16.3.